The highest BCUT2D eigenvalue weighted by molar-refractivity contribution is 5.63. The third-order valence-corrected chi connectivity index (χ3v) is 3.52. The van der Waals surface area contributed by atoms with E-state index in [-0.39, 0.29) is 12.0 Å². The molecule has 1 aliphatic rings. The van der Waals surface area contributed by atoms with Crippen LogP contribution in [0.5, 0.6) is 0 Å². The minimum Gasteiger partial charge on any atom is -0.530 e. The predicted octanol–water partition coefficient (Wildman–Crippen LogP) is 0.981. The Hall–Kier alpha value is -0.770. The molecule has 1 amide bonds. The highest BCUT2D eigenvalue weighted by atomic mass is 16.4. The van der Waals surface area contributed by atoms with E-state index in [1.165, 1.54) is 4.90 Å². The van der Waals surface area contributed by atoms with Crippen molar-refractivity contribution in [2.75, 3.05) is 6.54 Å². The first-order chi connectivity index (χ1) is 7.57. The second-order valence-electron chi connectivity index (χ2n) is 4.72. The Balaban J connectivity index is 2.74. The van der Waals surface area contributed by atoms with Crippen molar-refractivity contribution in [1.82, 2.24) is 4.90 Å². The van der Waals surface area contributed by atoms with Crippen molar-refractivity contribution in [1.29, 1.82) is 0 Å². The molecule has 1 N–H and O–H groups in total. The van der Waals surface area contributed by atoms with Gasteiger partial charge in [-0.1, -0.05) is 13.3 Å². The lowest BCUT2D eigenvalue weighted by molar-refractivity contribution is -0.270. The molecule has 4 nitrogen and oxygen atoms in total. The fourth-order valence-corrected chi connectivity index (χ4v) is 2.72. The van der Waals surface area contributed by atoms with E-state index in [0.29, 0.717) is 6.54 Å². The van der Waals surface area contributed by atoms with Gasteiger partial charge in [-0.2, -0.15) is 0 Å². The van der Waals surface area contributed by atoms with Crippen molar-refractivity contribution in [3.05, 3.63) is 0 Å². The van der Waals surface area contributed by atoms with Crippen LogP contribution in [0.1, 0.15) is 46.0 Å². The zero-order valence-electron chi connectivity index (χ0n) is 10.2. The van der Waals surface area contributed by atoms with E-state index in [1.807, 2.05) is 0 Å². The number of nitrogens with zero attached hydrogens (tertiary/aromatic N) is 1. The molecule has 3 atom stereocenters. The van der Waals surface area contributed by atoms with Gasteiger partial charge in [0.05, 0.1) is 6.10 Å². The molecule has 0 bridgehead atoms. The van der Waals surface area contributed by atoms with Crippen molar-refractivity contribution >= 4 is 6.09 Å². The van der Waals surface area contributed by atoms with E-state index < -0.39 is 12.2 Å². The molecule has 1 rings (SSSR count). The van der Waals surface area contributed by atoms with Crippen molar-refractivity contribution in [2.45, 2.75) is 58.1 Å². The summed E-state index contributed by atoms with van der Waals surface area (Å²) in [4.78, 5) is 12.4. The summed E-state index contributed by atoms with van der Waals surface area (Å²) in [5.41, 5.74) is 0. The molecule has 1 saturated heterocycles. The highest BCUT2D eigenvalue weighted by Gasteiger charge is 2.31. The van der Waals surface area contributed by atoms with E-state index >= 15 is 0 Å². The molecule has 4 heteroatoms. The summed E-state index contributed by atoms with van der Waals surface area (Å²) in [6.07, 6.45) is 3.09. The second-order valence-corrected chi connectivity index (χ2v) is 4.72. The van der Waals surface area contributed by atoms with Gasteiger partial charge in [0.2, 0.25) is 0 Å². The van der Waals surface area contributed by atoms with Crippen molar-refractivity contribution in [3.63, 3.8) is 0 Å². The number of amides is 1. The molecule has 0 saturated carbocycles. The predicted molar refractivity (Wildman–Crippen MR) is 59.8 cm³/mol. The number of hydrogen-bond acceptors (Lipinski definition) is 3. The minimum atomic E-state index is -1.09. The lowest BCUT2D eigenvalue weighted by Crippen LogP contribution is -2.54. The summed E-state index contributed by atoms with van der Waals surface area (Å²) in [6.45, 7) is 4.36. The van der Waals surface area contributed by atoms with Crippen molar-refractivity contribution in [2.24, 2.45) is 5.92 Å². The Labute approximate surface area is 97.3 Å². The fraction of sp³-hybridized carbons (Fsp3) is 0.917. The normalized spacial score (nSPS) is 25.2. The molecule has 94 valence electrons. The first kappa shape index (κ1) is 13.3. The molecule has 0 aromatic rings. The Morgan fingerprint density at radius 1 is 1.56 bits per heavy atom. The molecule has 0 radical (unpaired) electrons. The van der Waals surface area contributed by atoms with E-state index in [0.717, 1.165) is 32.1 Å². The molecule has 0 aliphatic carbocycles. The molecular weight excluding hydrogens is 206 g/mol. The molecule has 1 heterocycles. The molecule has 0 aromatic heterocycles. The summed E-state index contributed by atoms with van der Waals surface area (Å²) in [6, 6.07) is -0.0568. The van der Waals surface area contributed by atoms with E-state index in [9.17, 15) is 15.0 Å². The fourth-order valence-electron chi connectivity index (χ4n) is 2.72. The maximum absolute atomic E-state index is 11.0. The second kappa shape index (κ2) is 6.09. The summed E-state index contributed by atoms with van der Waals surface area (Å²) in [5.74, 6) is 0.0446. The minimum absolute atomic E-state index is 0.0446. The third kappa shape index (κ3) is 3.11. The topological polar surface area (TPSA) is 63.6 Å². The average molecular weight is 228 g/mol. The standard InChI is InChI=1S/C12H23NO3/c1-3-6-10(9(2)14)11-7-4-5-8-13(11)12(15)16/h9-11,14H,3-8H2,1-2H3,(H,15,16)/p-1. The van der Waals surface area contributed by atoms with E-state index in [2.05, 4.69) is 6.92 Å². The van der Waals surface area contributed by atoms with Crippen LogP contribution in [-0.2, 0) is 0 Å². The van der Waals surface area contributed by atoms with Gasteiger partial charge in [-0.05, 0) is 32.6 Å². The largest absolute Gasteiger partial charge is 0.530 e. The van der Waals surface area contributed by atoms with Gasteiger partial charge in [-0.3, -0.25) is 0 Å². The average Bonchev–Trinajstić information content (AvgIpc) is 2.25. The number of aliphatic hydroxyl groups excluding tert-OH is 1. The van der Waals surface area contributed by atoms with Gasteiger partial charge in [-0.25, -0.2) is 0 Å². The summed E-state index contributed by atoms with van der Waals surface area (Å²) in [7, 11) is 0. The van der Waals surface area contributed by atoms with Gasteiger partial charge < -0.3 is 19.9 Å². The molecular formula is C12H22NO3-. The number of piperidine rings is 1. The quantitative estimate of drug-likeness (QED) is 0.780. The van der Waals surface area contributed by atoms with Gasteiger partial charge in [0, 0.05) is 18.5 Å². The van der Waals surface area contributed by atoms with Gasteiger partial charge in [-0.15, -0.1) is 0 Å². The maximum Gasteiger partial charge on any atom is 0.137 e. The van der Waals surface area contributed by atoms with Crippen LogP contribution in [-0.4, -0.2) is 34.8 Å². The van der Waals surface area contributed by atoms with Gasteiger partial charge in [0.1, 0.15) is 6.09 Å². The molecule has 0 aromatic carbocycles. The Bertz CT molecular complexity index is 230. The number of aliphatic hydroxyl groups is 1. The lowest BCUT2D eigenvalue weighted by Gasteiger charge is -2.43. The van der Waals surface area contributed by atoms with Gasteiger partial charge >= 0.3 is 0 Å². The SMILES string of the molecule is CCCC(C(C)O)C1CCCCN1C(=O)[O-]. The number of carbonyl (C=O) groups excluding carboxylic acids is 1. The third-order valence-electron chi connectivity index (χ3n) is 3.52. The van der Waals surface area contributed by atoms with E-state index in [4.69, 9.17) is 0 Å². The highest BCUT2D eigenvalue weighted by Crippen LogP contribution is 2.28. The van der Waals surface area contributed by atoms with Gasteiger partial charge in [0.15, 0.2) is 0 Å². The number of likely N-dealkylation sites (tertiary alicyclic amines) is 1. The van der Waals surface area contributed by atoms with Crippen molar-refractivity contribution in [3.8, 4) is 0 Å². The van der Waals surface area contributed by atoms with Crippen LogP contribution < -0.4 is 5.11 Å². The molecule has 3 unspecified atom stereocenters. The van der Waals surface area contributed by atoms with Crippen LogP contribution in [0.2, 0.25) is 0 Å². The van der Waals surface area contributed by atoms with Crippen LogP contribution in [0.3, 0.4) is 0 Å². The Morgan fingerprint density at radius 2 is 2.25 bits per heavy atom. The Morgan fingerprint density at radius 3 is 2.75 bits per heavy atom. The molecule has 1 aliphatic heterocycles. The maximum atomic E-state index is 11.0. The van der Waals surface area contributed by atoms with E-state index in [1.54, 1.807) is 6.92 Å². The Kier molecular flexibility index (Phi) is 5.06. The first-order valence-corrected chi connectivity index (χ1v) is 6.23. The van der Waals surface area contributed by atoms with Crippen LogP contribution in [0, 0.1) is 5.92 Å². The van der Waals surface area contributed by atoms with Crippen molar-refractivity contribution < 1.29 is 15.0 Å². The number of carboxylic acid groups (broad SMARTS) is 1. The number of hydrogen-bond donors (Lipinski definition) is 1. The van der Waals surface area contributed by atoms with Gasteiger partial charge in [0.25, 0.3) is 0 Å². The zero-order chi connectivity index (χ0) is 12.1. The smallest absolute Gasteiger partial charge is 0.137 e. The zero-order valence-corrected chi connectivity index (χ0v) is 10.2. The summed E-state index contributed by atoms with van der Waals surface area (Å²) in [5, 5.41) is 20.8. The first-order valence-electron chi connectivity index (χ1n) is 6.23. The monoisotopic (exact) mass is 228 g/mol. The number of carbonyl (C=O) groups is 1. The van der Waals surface area contributed by atoms with Crippen LogP contribution in [0.4, 0.5) is 4.79 Å². The van der Waals surface area contributed by atoms with Crippen LogP contribution >= 0.6 is 0 Å². The number of rotatable bonds is 4. The molecule has 0 spiro atoms. The van der Waals surface area contributed by atoms with Crippen LogP contribution in [0.15, 0.2) is 0 Å². The molecule has 1 fully saturated rings. The lowest BCUT2D eigenvalue weighted by atomic mass is 9.84. The molecule has 16 heavy (non-hydrogen) atoms. The van der Waals surface area contributed by atoms with Crippen LogP contribution in [0.25, 0.3) is 0 Å². The summed E-state index contributed by atoms with van der Waals surface area (Å²) >= 11 is 0. The summed E-state index contributed by atoms with van der Waals surface area (Å²) < 4.78 is 0.